The van der Waals surface area contributed by atoms with E-state index in [1.54, 1.807) is 18.1 Å². The van der Waals surface area contributed by atoms with Crippen molar-refractivity contribution in [2.75, 3.05) is 0 Å². The molecule has 0 aliphatic heterocycles. The zero-order chi connectivity index (χ0) is 16.2. The first kappa shape index (κ1) is 15.6. The Morgan fingerprint density at radius 2 is 2.08 bits per heavy atom. The molecule has 1 aliphatic rings. The number of fused-ring (bicyclic) bond motifs is 1. The number of pyridine rings is 1. The average Bonchev–Trinajstić information content (AvgIpc) is 3.28. The summed E-state index contributed by atoms with van der Waals surface area (Å²) in [4.78, 5) is 4.20. The molecular weight excluding hydrogens is 322 g/mol. The summed E-state index contributed by atoms with van der Waals surface area (Å²) in [6, 6.07) is 5.97. The molecule has 0 saturated heterocycles. The summed E-state index contributed by atoms with van der Waals surface area (Å²) in [5.74, 6) is 2.33. The molecule has 4 rings (SSSR count). The maximum absolute atomic E-state index is 5.79. The summed E-state index contributed by atoms with van der Waals surface area (Å²) in [5.41, 5.74) is 1.92. The highest BCUT2D eigenvalue weighted by molar-refractivity contribution is 7.98. The topological polar surface area (TPSA) is 69.1 Å². The van der Waals surface area contributed by atoms with Crippen LogP contribution in [0.5, 0.6) is 0 Å². The maximum atomic E-state index is 5.79. The fraction of sp³-hybridized carbons (Fsp3) is 0.529. The number of thioether (sulfide) groups is 1. The van der Waals surface area contributed by atoms with Crippen LogP contribution in [0.2, 0.25) is 0 Å². The Labute approximate surface area is 145 Å². The van der Waals surface area contributed by atoms with Crippen LogP contribution in [0.4, 0.5) is 0 Å². The number of hydrogen-bond acceptors (Lipinski definition) is 6. The molecule has 3 aromatic rings. The molecule has 0 radical (unpaired) electrons. The van der Waals surface area contributed by atoms with Crippen molar-refractivity contribution in [1.82, 2.24) is 24.8 Å². The Morgan fingerprint density at radius 3 is 3.00 bits per heavy atom. The van der Waals surface area contributed by atoms with Crippen molar-refractivity contribution in [3.63, 3.8) is 0 Å². The van der Waals surface area contributed by atoms with E-state index in [4.69, 9.17) is 4.42 Å². The van der Waals surface area contributed by atoms with Crippen LogP contribution in [0.25, 0.3) is 5.65 Å². The van der Waals surface area contributed by atoms with E-state index >= 15 is 0 Å². The van der Waals surface area contributed by atoms with Crippen LogP contribution < -0.4 is 0 Å². The van der Waals surface area contributed by atoms with Gasteiger partial charge in [-0.2, -0.15) is 5.10 Å². The largest absolute Gasteiger partial charge is 0.416 e. The molecule has 0 unspecified atom stereocenters. The lowest BCUT2D eigenvalue weighted by Crippen LogP contribution is -2.07. The Hall–Kier alpha value is -1.89. The van der Waals surface area contributed by atoms with Gasteiger partial charge >= 0.3 is 0 Å². The smallest absolute Gasteiger partial charge is 0.276 e. The zero-order valence-corrected chi connectivity index (χ0v) is 14.4. The van der Waals surface area contributed by atoms with Crippen molar-refractivity contribution in [1.29, 1.82) is 0 Å². The van der Waals surface area contributed by atoms with Crippen molar-refractivity contribution in [3.05, 3.63) is 36.1 Å². The van der Waals surface area contributed by atoms with E-state index in [0.29, 0.717) is 5.22 Å². The summed E-state index contributed by atoms with van der Waals surface area (Å²) >= 11 is 1.55. The minimum absolute atomic E-state index is 0.630. The van der Waals surface area contributed by atoms with Crippen LogP contribution in [-0.4, -0.2) is 24.8 Å². The number of hydrogen-bond donors (Lipinski definition) is 0. The first-order valence-corrected chi connectivity index (χ1v) is 9.60. The molecule has 1 saturated carbocycles. The summed E-state index contributed by atoms with van der Waals surface area (Å²) in [6.07, 6.45) is 10.5. The molecule has 0 atom stereocenters. The molecule has 0 aromatic carbocycles. The Kier molecular flexibility index (Phi) is 4.78. The summed E-state index contributed by atoms with van der Waals surface area (Å²) < 4.78 is 7.63. The molecule has 6 nitrogen and oxygen atoms in total. The maximum Gasteiger partial charge on any atom is 0.276 e. The normalized spacial score (nSPS) is 16.0. The lowest BCUT2D eigenvalue weighted by atomic mass is 9.86. The third-order valence-electron chi connectivity index (χ3n) is 4.66. The van der Waals surface area contributed by atoms with Gasteiger partial charge in [-0.1, -0.05) is 49.9 Å². The molecule has 1 fully saturated rings. The second-order valence-corrected chi connectivity index (χ2v) is 7.27. The van der Waals surface area contributed by atoms with Crippen LogP contribution in [0.3, 0.4) is 0 Å². The van der Waals surface area contributed by atoms with E-state index in [1.165, 1.54) is 38.5 Å². The number of nitrogens with zero attached hydrogens (tertiary/aromatic N) is 5. The van der Waals surface area contributed by atoms with Crippen molar-refractivity contribution in [2.45, 2.75) is 55.9 Å². The quantitative estimate of drug-likeness (QED) is 0.632. The molecule has 0 spiro atoms. The lowest BCUT2D eigenvalue weighted by Gasteiger charge is -2.20. The highest BCUT2D eigenvalue weighted by Gasteiger charge is 2.15. The van der Waals surface area contributed by atoms with Gasteiger partial charge in [-0.05, 0) is 24.5 Å². The number of aryl methyl sites for hydroxylation is 1. The van der Waals surface area contributed by atoms with Gasteiger partial charge in [0, 0.05) is 12.2 Å². The SMILES string of the molecule is c1cc(CSc2nnc(CCC3CCCCC3)o2)n2ncnc2c1. The molecule has 7 heteroatoms. The van der Waals surface area contributed by atoms with Crippen LogP contribution in [0.1, 0.15) is 50.1 Å². The summed E-state index contributed by atoms with van der Waals surface area (Å²) in [7, 11) is 0. The highest BCUT2D eigenvalue weighted by atomic mass is 32.2. The van der Waals surface area contributed by atoms with Gasteiger partial charge < -0.3 is 4.42 Å². The van der Waals surface area contributed by atoms with Crippen LogP contribution in [0.15, 0.2) is 34.2 Å². The molecule has 0 N–H and O–H groups in total. The Bertz CT molecular complexity index is 793. The van der Waals surface area contributed by atoms with E-state index in [-0.39, 0.29) is 0 Å². The van der Waals surface area contributed by atoms with E-state index in [2.05, 4.69) is 20.3 Å². The Morgan fingerprint density at radius 1 is 1.17 bits per heavy atom. The molecule has 3 aromatic heterocycles. The molecular formula is C17H21N5OS. The van der Waals surface area contributed by atoms with Crippen molar-refractivity contribution >= 4 is 17.4 Å². The van der Waals surface area contributed by atoms with Crippen molar-refractivity contribution in [3.8, 4) is 0 Å². The Balaban J connectivity index is 1.32. The minimum atomic E-state index is 0.630. The first-order chi connectivity index (χ1) is 11.9. The van der Waals surface area contributed by atoms with Gasteiger partial charge in [-0.25, -0.2) is 9.50 Å². The van der Waals surface area contributed by atoms with Gasteiger partial charge in [0.1, 0.15) is 6.33 Å². The fourth-order valence-corrected chi connectivity index (χ4v) is 4.09. The number of aromatic nitrogens is 5. The fourth-order valence-electron chi connectivity index (χ4n) is 3.35. The molecule has 0 bridgehead atoms. The van der Waals surface area contributed by atoms with E-state index in [9.17, 15) is 0 Å². The minimum Gasteiger partial charge on any atom is -0.416 e. The van der Waals surface area contributed by atoms with Gasteiger partial charge in [0.15, 0.2) is 5.65 Å². The zero-order valence-electron chi connectivity index (χ0n) is 13.6. The first-order valence-electron chi connectivity index (χ1n) is 8.61. The highest BCUT2D eigenvalue weighted by Crippen LogP contribution is 2.28. The van der Waals surface area contributed by atoms with Gasteiger partial charge in [-0.3, -0.25) is 0 Å². The molecule has 126 valence electrons. The van der Waals surface area contributed by atoms with Crippen LogP contribution in [0, 0.1) is 5.92 Å². The van der Waals surface area contributed by atoms with Crippen molar-refractivity contribution in [2.24, 2.45) is 5.92 Å². The molecule has 0 amide bonds. The third-order valence-corrected chi connectivity index (χ3v) is 5.52. The predicted octanol–water partition coefficient (Wildman–Crippen LogP) is 3.92. The van der Waals surface area contributed by atoms with Gasteiger partial charge in [-0.15, -0.1) is 10.2 Å². The van der Waals surface area contributed by atoms with Crippen LogP contribution in [-0.2, 0) is 12.2 Å². The standard InChI is InChI=1S/C17H21N5OS/c1-2-5-13(6-3-1)9-10-16-20-21-17(23-16)24-11-14-7-4-8-15-18-12-19-22(14)15/h4,7-8,12-13H,1-3,5-6,9-11H2. The molecule has 24 heavy (non-hydrogen) atoms. The second-order valence-electron chi connectivity index (χ2n) is 6.34. The van der Waals surface area contributed by atoms with Gasteiger partial charge in [0.25, 0.3) is 5.22 Å². The molecule has 1 aliphatic carbocycles. The second kappa shape index (κ2) is 7.34. The lowest BCUT2D eigenvalue weighted by molar-refractivity contribution is 0.322. The van der Waals surface area contributed by atoms with E-state index in [1.807, 2.05) is 22.7 Å². The summed E-state index contributed by atoms with van der Waals surface area (Å²) in [6.45, 7) is 0. The van der Waals surface area contributed by atoms with E-state index in [0.717, 1.165) is 35.3 Å². The van der Waals surface area contributed by atoms with Gasteiger partial charge in [0.05, 0.1) is 5.69 Å². The molecule has 3 heterocycles. The van der Waals surface area contributed by atoms with Crippen molar-refractivity contribution < 1.29 is 4.42 Å². The van der Waals surface area contributed by atoms with E-state index < -0.39 is 0 Å². The van der Waals surface area contributed by atoms with Crippen LogP contribution >= 0.6 is 11.8 Å². The van der Waals surface area contributed by atoms with Gasteiger partial charge in [0.2, 0.25) is 5.89 Å². The third kappa shape index (κ3) is 3.61. The average molecular weight is 343 g/mol. The monoisotopic (exact) mass is 343 g/mol. The predicted molar refractivity (Wildman–Crippen MR) is 91.7 cm³/mol. The number of rotatable bonds is 6. The summed E-state index contributed by atoms with van der Waals surface area (Å²) in [5, 5.41) is 13.2.